The molecule has 0 rings (SSSR count). The van der Waals surface area contributed by atoms with Gasteiger partial charge in [-0.2, -0.15) is 0 Å². The number of nitrogens with one attached hydrogen (secondary N) is 2. The number of amides is 2. The molecule has 0 spiro atoms. The average molecular weight is 260 g/mol. The van der Waals surface area contributed by atoms with Crippen molar-refractivity contribution in [1.82, 2.24) is 10.6 Å². The normalized spacial score (nSPS) is 14.3. The Hall–Kier alpha value is -1.63. The van der Waals surface area contributed by atoms with E-state index in [1.165, 1.54) is 7.05 Å². The lowest BCUT2D eigenvalue weighted by Gasteiger charge is -2.22. The summed E-state index contributed by atoms with van der Waals surface area (Å²) < 4.78 is 4.54. The van der Waals surface area contributed by atoms with Gasteiger partial charge in [-0.1, -0.05) is 20.8 Å². The number of carbonyl (C=O) groups excluding carboxylic acids is 3. The number of ether oxygens (including phenoxy) is 1. The lowest BCUT2D eigenvalue weighted by Crippen LogP contribution is -2.48. The number of hydrogen-bond acceptors (Lipinski definition) is 5. The van der Waals surface area contributed by atoms with E-state index in [0.29, 0.717) is 0 Å². The molecule has 2 amide bonds. The van der Waals surface area contributed by atoms with Crippen LogP contribution in [-0.4, -0.2) is 42.3 Å². The van der Waals surface area contributed by atoms with Crippen LogP contribution in [0.4, 0.5) is 0 Å². The molecule has 0 aromatic rings. The molecule has 7 nitrogen and oxygen atoms in total. The van der Waals surface area contributed by atoms with E-state index in [-0.39, 0.29) is 5.91 Å². The Morgan fingerprint density at radius 2 is 1.61 bits per heavy atom. The summed E-state index contributed by atoms with van der Waals surface area (Å²) in [6.07, 6.45) is 0. The molecule has 0 aliphatic heterocycles. The summed E-state index contributed by atoms with van der Waals surface area (Å²) in [6.45, 7) is 5.69. The van der Waals surface area contributed by atoms with Gasteiger partial charge < -0.3 is 20.5 Å². The van der Waals surface area contributed by atoms with Gasteiger partial charge in [0.15, 0.2) is 0 Å². The standard InChI is InChI=1S/C11H20N2O5/c1-10(2,3)8(15)13-6-7(14)18-11(4,17)9(16)12-5/h17H,6H2,1-5H3,(H,12,16)(H,13,15). The van der Waals surface area contributed by atoms with Crippen LogP contribution in [0.3, 0.4) is 0 Å². The highest BCUT2D eigenvalue weighted by Crippen LogP contribution is 2.12. The SMILES string of the molecule is CNC(=O)C(C)(O)OC(=O)CNC(=O)C(C)(C)C. The van der Waals surface area contributed by atoms with E-state index in [0.717, 1.165) is 6.92 Å². The zero-order chi connectivity index (χ0) is 14.6. The first-order chi connectivity index (χ1) is 8.00. The molecule has 0 saturated heterocycles. The third kappa shape index (κ3) is 5.13. The highest BCUT2D eigenvalue weighted by Gasteiger charge is 2.34. The molecule has 1 unspecified atom stereocenters. The maximum atomic E-state index is 11.5. The van der Waals surface area contributed by atoms with Crippen LogP contribution >= 0.6 is 0 Å². The molecule has 0 aliphatic carbocycles. The monoisotopic (exact) mass is 260 g/mol. The number of hydrogen-bond donors (Lipinski definition) is 3. The fourth-order valence-electron chi connectivity index (χ4n) is 0.954. The smallest absolute Gasteiger partial charge is 0.328 e. The molecule has 0 aromatic heterocycles. The molecule has 0 radical (unpaired) electrons. The predicted molar refractivity (Wildman–Crippen MR) is 63.2 cm³/mol. The summed E-state index contributed by atoms with van der Waals surface area (Å²) >= 11 is 0. The summed E-state index contributed by atoms with van der Waals surface area (Å²) in [4.78, 5) is 33.9. The molecule has 104 valence electrons. The summed E-state index contributed by atoms with van der Waals surface area (Å²) in [5.41, 5.74) is -0.635. The van der Waals surface area contributed by atoms with Gasteiger partial charge in [-0.3, -0.25) is 14.4 Å². The molecule has 7 heteroatoms. The Morgan fingerprint density at radius 1 is 1.11 bits per heavy atom. The maximum absolute atomic E-state index is 11.5. The highest BCUT2D eigenvalue weighted by atomic mass is 16.7. The largest absolute Gasteiger partial charge is 0.422 e. The number of carbonyl (C=O) groups is 3. The molecule has 0 saturated carbocycles. The molecule has 0 bridgehead atoms. The summed E-state index contributed by atoms with van der Waals surface area (Å²) in [5.74, 6) is -4.34. The molecular weight excluding hydrogens is 240 g/mol. The molecule has 0 aliphatic rings. The van der Waals surface area contributed by atoms with Gasteiger partial charge in [-0.15, -0.1) is 0 Å². The lowest BCUT2D eigenvalue weighted by molar-refractivity contribution is -0.204. The van der Waals surface area contributed by atoms with Crippen LogP contribution in [0, 0.1) is 5.41 Å². The second-order valence-electron chi connectivity index (χ2n) is 4.97. The number of likely N-dealkylation sites (N-methyl/N-ethyl adjacent to an activating group) is 1. The topological polar surface area (TPSA) is 105 Å². The Labute approximate surface area is 106 Å². The minimum Gasteiger partial charge on any atom is -0.422 e. The van der Waals surface area contributed by atoms with Gasteiger partial charge in [0.05, 0.1) is 0 Å². The lowest BCUT2D eigenvalue weighted by atomic mass is 9.96. The molecule has 0 heterocycles. The first-order valence-electron chi connectivity index (χ1n) is 5.45. The Balaban J connectivity index is 4.30. The minimum absolute atomic E-state index is 0.334. The van der Waals surface area contributed by atoms with Gasteiger partial charge in [0.25, 0.3) is 11.7 Å². The van der Waals surface area contributed by atoms with Crippen molar-refractivity contribution < 1.29 is 24.2 Å². The van der Waals surface area contributed by atoms with Crippen molar-refractivity contribution in [3.63, 3.8) is 0 Å². The summed E-state index contributed by atoms with van der Waals surface area (Å²) in [6, 6.07) is 0. The van der Waals surface area contributed by atoms with E-state index in [1.54, 1.807) is 20.8 Å². The van der Waals surface area contributed by atoms with Crippen molar-refractivity contribution in [3.05, 3.63) is 0 Å². The van der Waals surface area contributed by atoms with Crippen LogP contribution in [0.25, 0.3) is 0 Å². The zero-order valence-electron chi connectivity index (χ0n) is 11.3. The fraction of sp³-hybridized carbons (Fsp3) is 0.727. The van der Waals surface area contributed by atoms with Crippen LogP contribution < -0.4 is 10.6 Å². The van der Waals surface area contributed by atoms with Gasteiger partial charge in [-0.05, 0) is 0 Å². The second kappa shape index (κ2) is 5.81. The first kappa shape index (κ1) is 16.4. The van der Waals surface area contributed by atoms with Crippen molar-refractivity contribution >= 4 is 17.8 Å². The second-order valence-corrected chi connectivity index (χ2v) is 4.97. The maximum Gasteiger partial charge on any atom is 0.328 e. The molecule has 1 atom stereocenters. The van der Waals surface area contributed by atoms with Crippen LogP contribution in [0.1, 0.15) is 27.7 Å². The Bertz CT molecular complexity index is 344. The van der Waals surface area contributed by atoms with Crippen LogP contribution in [-0.2, 0) is 19.1 Å². The van der Waals surface area contributed by atoms with Gasteiger partial charge in [0.1, 0.15) is 6.54 Å². The van der Waals surface area contributed by atoms with E-state index in [9.17, 15) is 19.5 Å². The minimum atomic E-state index is -2.25. The van der Waals surface area contributed by atoms with Crippen LogP contribution in [0.5, 0.6) is 0 Å². The molecular formula is C11H20N2O5. The van der Waals surface area contributed by atoms with Gasteiger partial charge >= 0.3 is 5.97 Å². The fourth-order valence-corrected chi connectivity index (χ4v) is 0.954. The van der Waals surface area contributed by atoms with Crippen molar-refractivity contribution in [2.24, 2.45) is 5.41 Å². The Morgan fingerprint density at radius 3 is 2.00 bits per heavy atom. The van der Waals surface area contributed by atoms with Crippen molar-refractivity contribution in [2.75, 3.05) is 13.6 Å². The number of rotatable bonds is 4. The zero-order valence-corrected chi connectivity index (χ0v) is 11.3. The number of esters is 1. The average Bonchev–Trinajstić information content (AvgIpc) is 2.22. The van der Waals surface area contributed by atoms with E-state index in [4.69, 9.17) is 0 Å². The van der Waals surface area contributed by atoms with Crippen molar-refractivity contribution in [1.29, 1.82) is 0 Å². The summed E-state index contributed by atoms with van der Waals surface area (Å²) in [5, 5.41) is 14.0. The van der Waals surface area contributed by atoms with Gasteiger partial charge in [-0.25, -0.2) is 0 Å². The van der Waals surface area contributed by atoms with Gasteiger partial charge in [0.2, 0.25) is 5.91 Å². The Kier molecular flexibility index (Phi) is 5.29. The summed E-state index contributed by atoms with van der Waals surface area (Å²) in [7, 11) is 1.30. The van der Waals surface area contributed by atoms with E-state index >= 15 is 0 Å². The van der Waals surface area contributed by atoms with E-state index in [1.807, 2.05) is 0 Å². The number of aliphatic hydroxyl groups is 1. The molecule has 0 fully saturated rings. The van der Waals surface area contributed by atoms with E-state index in [2.05, 4.69) is 15.4 Å². The quantitative estimate of drug-likeness (QED) is 0.451. The first-order valence-corrected chi connectivity index (χ1v) is 5.45. The highest BCUT2D eigenvalue weighted by molar-refractivity contribution is 5.88. The van der Waals surface area contributed by atoms with Gasteiger partial charge in [0, 0.05) is 19.4 Å². The third-order valence-corrected chi connectivity index (χ3v) is 2.04. The predicted octanol–water partition coefficient (Wildman–Crippen LogP) is -0.854. The molecule has 3 N–H and O–H groups in total. The molecule has 18 heavy (non-hydrogen) atoms. The van der Waals surface area contributed by atoms with E-state index < -0.39 is 29.6 Å². The third-order valence-electron chi connectivity index (χ3n) is 2.04. The van der Waals surface area contributed by atoms with Crippen LogP contribution in [0.15, 0.2) is 0 Å². The van der Waals surface area contributed by atoms with Crippen molar-refractivity contribution in [3.8, 4) is 0 Å². The molecule has 0 aromatic carbocycles. The van der Waals surface area contributed by atoms with Crippen molar-refractivity contribution in [2.45, 2.75) is 33.5 Å². The van der Waals surface area contributed by atoms with Crippen LogP contribution in [0.2, 0.25) is 0 Å².